The fourth-order valence-corrected chi connectivity index (χ4v) is 3.61. The Bertz CT molecular complexity index is 1080. The number of ether oxygens (including phenoxy) is 1. The molecule has 0 saturated carbocycles. The van der Waals surface area contributed by atoms with Crippen LogP contribution in [0, 0.1) is 18.3 Å². The van der Waals surface area contributed by atoms with Crippen LogP contribution < -0.4 is 4.90 Å². The molecule has 1 aliphatic rings. The molecule has 1 saturated heterocycles. The first-order valence-electron chi connectivity index (χ1n) is 9.33. The van der Waals surface area contributed by atoms with Crippen LogP contribution in [0.25, 0.3) is 17.0 Å². The van der Waals surface area contributed by atoms with Gasteiger partial charge in [0.2, 0.25) is 5.78 Å². The van der Waals surface area contributed by atoms with Crippen LogP contribution >= 0.6 is 0 Å². The monoisotopic (exact) mass is 371 g/mol. The molecule has 1 N–H and O–H groups in total. The number of rotatable bonds is 4. The molecule has 140 valence electrons. The topological polar surface area (TPSA) is 69.1 Å². The molecule has 0 radical (unpaired) electrons. The predicted octanol–water partition coefficient (Wildman–Crippen LogP) is 4.10. The molecule has 4 rings (SSSR count). The number of carbonyl (C=O) groups is 1. The minimum absolute atomic E-state index is 0.128. The number of benzene rings is 2. The SMILES string of the molecule is Cc1cccc2[nH]cc(C(=O)/C(C#N)=C\c3ccc(N4CCOCC4)cc3)c12. The van der Waals surface area contributed by atoms with Gasteiger partial charge in [0.1, 0.15) is 11.6 Å². The maximum absolute atomic E-state index is 13.0. The van der Waals surface area contributed by atoms with Crippen LogP contribution in [0.4, 0.5) is 5.69 Å². The Balaban J connectivity index is 1.62. The summed E-state index contributed by atoms with van der Waals surface area (Å²) in [6.45, 7) is 5.18. The van der Waals surface area contributed by atoms with Crippen molar-refractivity contribution in [1.82, 2.24) is 4.98 Å². The molecule has 0 amide bonds. The largest absolute Gasteiger partial charge is 0.378 e. The van der Waals surface area contributed by atoms with Crippen molar-refractivity contribution in [1.29, 1.82) is 5.26 Å². The zero-order chi connectivity index (χ0) is 19.5. The second kappa shape index (κ2) is 7.71. The Labute approximate surface area is 163 Å². The fourth-order valence-electron chi connectivity index (χ4n) is 3.61. The molecule has 28 heavy (non-hydrogen) atoms. The Morgan fingerprint density at radius 2 is 1.93 bits per heavy atom. The standard InChI is InChI=1S/C23H21N3O2/c1-16-3-2-4-21-22(16)20(15-25-21)23(27)18(14-24)13-17-5-7-19(8-6-17)26-9-11-28-12-10-26/h2-8,13,15,25H,9-12H2,1H3/b18-13-. The van der Waals surface area contributed by atoms with E-state index in [-0.39, 0.29) is 11.4 Å². The van der Waals surface area contributed by atoms with Gasteiger partial charge in [0.05, 0.1) is 13.2 Å². The van der Waals surface area contributed by atoms with Crippen LogP contribution in [-0.4, -0.2) is 37.1 Å². The summed E-state index contributed by atoms with van der Waals surface area (Å²) in [7, 11) is 0. The van der Waals surface area contributed by atoms with Crippen LogP contribution in [0.1, 0.15) is 21.5 Å². The van der Waals surface area contributed by atoms with Gasteiger partial charge in [0.15, 0.2) is 0 Å². The lowest BCUT2D eigenvalue weighted by Gasteiger charge is -2.28. The molecule has 0 unspecified atom stereocenters. The van der Waals surface area contributed by atoms with E-state index in [1.165, 1.54) is 0 Å². The third-order valence-electron chi connectivity index (χ3n) is 5.10. The van der Waals surface area contributed by atoms with Crippen molar-refractivity contribution in [3.8, 4) is 6.07 Å². The number of fused-ring (bicyclic) bond motifs is 1. The van der Waals surface area contributed by atoms with Gasteiger partial charge in [-0.25, -0.2) is 0 Å². The fraction of sp³-hybridized carbons (Fsp3) is 0.217. The number of aryl methyl sites for hydroxylation is 1. The summed E-state index contributed by atoms with van der Waals surface area (Å²) in [5.41, 5.74) is 4.52. The first-order chi connectivity index (χ1) is 13.7. The number of aromatic nitrogens is 1. The third-order valence-corrected chi connectivity index (χ3v) is 5.10. The van der Waals surface area contributed by atoms with Gasteiger partial charge < -0.3 is 14.6 Å². The lowest BCUT2D eigenvalue weighted by atomic mass is 9.99. The van der Waals surface area contributed by atoms with Gasteiger partial charge in [-0.05, 0) is 42.3 Å². The first kappa shape index (κ1) is 18.0. The number of aromatic amines is 1. The molecule has 5 nitrogen and oxygen atoms in total. The van der Waals surface area contributed by atoms with Crippen molar-refractivity contribution in [3.63, 3.8) is 0 Å². The third kappa shape index (κ3) is 3.42. The van der Waals surface area contributed by atoms with Crippen LogP contribution in [-0.2, 0) is 4.74 Å². The van der Waals surface area contributed by atoms with Gasteiger partial charge in [-0.2, -0.15) is 5.26 Å². The Morgan fingerprint density at radius 1 is 1.18 bits per heavy atom. The van der Waals surface area contributed by atoms with Crippen molar-refractivity contribution in [2.75, 3.05) is 31.2 Å². The molecule has 1 fully saturated rings. The molecule has 2 heterocycles. The number of nitriles is 1. The number of Topliss-reactive ketones (excluding diaryl/α,β-unsaturated/α-hetero) is 1. The number of ketones is 1. The van der Waals surface area contributed by atoms with Crippen LogP contribution in [0.15, 0.2) is 54.2 Å². The Hall–Kier alpha value is -3.36. The smallest absolute Gasteiger partial charge is 0.205 e. The van der Waals surface area contributed by atoms with E-state index in [1.54, 1.807) is 12.3 Å². The van der Waals surface area contributed by atoms with Gasteiger partial charge in [0.25, 0.3) is 0 Å². The summed E-state index contributed by atoms with van der Waals surface area (Å²) < 4.78 is 5.39. The minimum Gasteiger partial charge on any atom is -0.378 e. The van der Waals surface area contributed by atoms with Crippen molar-refractivity contribution < 1.29 is 9.53 Å². The van der Waals surface area contributed by atoms with E-state index < -0.39 is 0 Å². The van der Waals surface area contributed by atoms with Crippen molar-refractivity contribution in [2.45, 2.75) is 6.92 Å². The maximum Gasteiger partial charge on any atom is 0.205 e. The van der Waals surface area contributed by atoms with Gasteiger partial charge in [-0.1, -0.05) is 24.3 Å². The second-order valence-corrected chi connectivity index (χ2v) is 6.89. The van der Waals surface area contributed by atoms with Gasteiger partial charge in [0, 0.05) is 41.4 Å². The molecule has 0 spiro atoms. The van der Waals surface area contributed by atoms with Gasteiger partial charge in [-0.15, -0.1) is 0 Å². The van der Waals surface area contributed by atoms with Crippen molar-refractivity contribution in [3.05, 3.63) is 70.9 Å². The lowest BCUT2D eigenvalue weighted by Crippen LogP contribution is -2.36. The average Bonchev–Trinajstić information content (AvgIpc) is 3.18. The summed E-state index contributed by atoms with van der Waals surface area (Å²) in [6, 6.07) is 15.8. The number of carbonyl (C=O) groups excluding carboxylic acids is 1. The summed E-state index contributed by atoms with van der Waals surface area (Å²) in [4.78, 5) is 18.4. The maximum atomic E-state index is 13.0. The predicted molar refractivity (Wildman–Crippen MR) is 110 cm³/mol. The summed E-state index contributed by atoms with van der Waals surface area (Å²) in [5.74, 6) is -0.264. The molecule has 5 heteroatoms. The number of H-pyrrole nitrogens is 1. The summed E-state index contributed by atoms with van der Waals surface area (Å²) in [5, 5.41) is 10.5. The van der Waals surface area contributed by atoms with E-state index in [1.807, 2.05) is 49.4 Å². The molecule has 0 bridgehead atoms. The number of anilines is 1. The van der Waals surface area contributed by atoms with Crippen molar-refractivity contribution in [2.24, 2.45) is 0 Å². The highest BCUT2D eigenvalue weighted by Gasteiger charge is 2.18. The molecule has 0 atom stereocenters. The number of allylic oxidation sites excluding steroid dienone is 1. The van der Waals surface area contributed by atoms with Crippen LogP contribution in [0.5, 0.6) is 0 Å². The molecule has 3 aromatic rings. The number of nitrogens with one attached hydrogen (secondary N) is 1. The Kier molecular flexibility index (Phi) is 4.96. The molecule has 1 aromatic heterocycles. The van der Waals surface area contributed by atoms with Crippen LogP contribution in [0.3, 0.4) is 0 Å². The lowest BCUT2D eigenvalue weighted by molar-refractivity contribution is 0.104. The highest BCUT2D eigenvalue weighted by Crippen LogP contribution is 2.25. The molecular formula is C23H21N3O2. The van der Waals surface area contributed by atoms with Gasteiger partial charge in [-0.3, -0.25) is 4.79 Å². The zero-order valence-corrected chi connectivity index (χ0v) is 15.7. The Morgan fingerprint density at radius 3 is 2.64 bits per heavy atom. The second-order valence-electron chi connectivity index (χ2n) is 6.89. The van der Waals surface area contributed by atoms with Gasteiger partial charge >= 0.3 is 0 Å². The van der Waals surface area contributed by atoms with E-state index >= 15 is 0 Å². The summed E-state index contributed by atoms with van der Waals surface area (Å²) >= 11 is 0. The normalized spacial score (nSPS) is 14.9. The average molecular weight is 371 g/mol. The van der Waals surface area contributed by atoms with Crippen molar-refractivity contribution >= 4 is 28.4 Å². The molecule has 1 aliphatic heterocycles. The number of morpholine rings is 1. The van der Waals surface area contributed by atoms with E-state index in [2.05, 4.69) is 16.0 Å². The van der Waals surface area contributed by atoms with E-state index in [9.17, 15) is 10.1 Å². The number of nitrogens with zero attached hydrogens (tertiary/aromatic N) is 2. The van der Waals surface area contributed by atoms with E-state index in [0.29, 0.717) is 5.56 Å². The van der Waals surface area contributed by atoms with E-state index in [0.717, 1.165) is 54.0 Å². The molecular weight excluding hydrogens is 350 g/mol. The molecule has 0 aliphatic carbocycles. The number of hydrogen-bond acceptors (Lipinski definition) is 4. The minimum atomic E-state index is -0.264. The zero-order valence-electron chi connectivity index (χ0n) is 15.7. The first-order valence-corrected chi connectivity index (χ1v) is 9.33. The highest BCUT2D eigenvalue weighted by atomic mass is 16.5. The number of hydrogen-bond donors (Lipinski definition) is 1. The highest BCUT2D eigenvalue weighted by molar-refractivity contribution is 6.20. The van der Waals surface area contributed by atoms with Crippen LogP contribution in [0.2, 0.25) is 0 Å². The quantitative estimate of drug-likeness (QED) is 0.426. The summed E-state index contributed by atoms with van der Waals surface area (Å²) in [6.07, 6.45) is 3.34. The van der Waals surface area contributed by atoms with E-state index in [4.69, 9.17) is 4.74 Å². The molecule has 2 aromatic carbocycles.